The molecule has 0 bridgehead atoms. The Hall–Kier alpha value is -0.800. The maximum absolute atomic E-state index is 11.9. The van der Waals surface area contributed by atoms with Crippen molar-refractivity contribution in [1.82, 2.24) is 0 Å². The van der Waals surface area contributed by atoms with Crippen LogP contribution in [0.2, 0.25) is 0 Å². The molecule has 0 aromatic rings. The van der Waals surface area contributed by atoms with Crippen LogP contribution in [0.4, 0.5) is 13.2 Å². The molecule has 0 heterocycles. The van der Waals surface area contributed by atoms with Crippen LogP contribution >= 0.6 is 0 Å². The van der Waals surface area contributed by atoms with Crippen LogP contribution < -0.4 is 0 Å². The zero-order valence-corrected chi connectivity index (χ0v) is 8.12. The van der Waals surface area contributed by atoms with Gasteiger partial charge >= 0.3 is 6.18 Å². The fourth-order valence-corrected chi connectivity index (χ4v) is 0.825. The number of carbonyl (C=O) groups excluding carboxylic acids is 1. The average molecular weight is 194 g/mol. The van der Waals surface area contributed by atoms with Crippen LogP contribution in [-0.2, 0) is 4.79 Å². The van der Waals surface area contributed by atoms with Crippen LogP contribution in [0, 0.1) is 5.92 Å². The summed E-state index contributed by atoms with van der Waals surface area (Å²) in [5.74, 6) is -1.77. The SMILES string of the molecule is CC(C(=O)C(F)(F)F)=C(C)C(C)C. The van der Waals surface area contributed by atoms with Crippen molar-refractivity contribution in [2.45, 2.75) is 33.9 Å². The number of allylic oxidation sites excluding steroid dienone is 2. The van der Waals surface area contributed by atoms with Gasteiger partial charge in [-0.2, -0.15) is 13.2 Å². The van der Waals surface area contributed by atoms with E-state index in [1.54, 1.807) is 20.8 Å². The Morgan fingerprint density at radius 3 is 1.77 bits per heavy atom. The van der Waals surface area contributed by atoms with Crippen molar-refractivity contribution < 1.29 is 18.0 Å². The Balaban J connectivity index is 4.90. The van der Waals surface area contributed by atoms with Crippen LogP contribution in [0.15, 0.2) is 11.1 Å². The highest BCUT2D eigenvalue weighted by molar-refractivity contribution is 5.99. The van der Waals surface area contributed by atoms with Gasteiger partial charge in [-0.3, -0.25) is 4.79 Å². The minimum atomic E-state index is -4.75. The lowest BCUT2D eigenvalue weighted by molar-refractivity contribution is -0.166. The van der Waals surface area contributed by atoms with Gasteiger partial charge in [0, 0.05) is 5.57 Å². The molecule has 0 aliphatic carbocycles. The zero-order chi connectivity index (χ0) is 10.8. The summed E-state index contributed by atoms with van der Waals surface area (Å²) in [7, 11) is 0. The molecule has 0 N–H and O–H groups in total. The summed E-state index contributed by atoms with van der Waals surface area (Å²) in [5.41, 5.74) is 0.296. The highest BCUT2D eigenvalue weighted by Crippen LogP contribution is 2.24. The van der Waals surface area contributed by atoms with E-state index >= 15 is 0 Å². The Bertz CT molecular complexity index is 236. The number of alkyl halides is 3. The highest BCUT2D eigenvalue weighted by atomic mass is 19.4. The smallest absolute Gasteiger partial charge is 0.284 e. The van der Waals surface area contributed by atoms with E-state index in [4.69, 9.17) is 0 Å². The molecule has 0 aromatic carbocycles. The number of hydrogen-bond donors (Lipinski definition) is 0. The van der Waals surface area contributed by atoms with Gasteiger partial charge < -0.3 is 0 Å². The fourth-order valence-electron chi connectivity index (χ4n) is 0.825. The van der Waals surface area contributed by atoms with Crippen LogP contribution in [-0.4, -0.2) is 12.0 Å². The van der Waals surface area contributed by atoms with E-state index in [9.17, 15) is 18.0 Å². The minimum absolute atomic E-state index is 0.0358. The molecule has 76 valence electrons. The summed E-state index contributed by atoms with van der Waals surface area (Å²) >= 11 is 0. The Morgan fingerprint density at radius 2 is 1.54 bits per heavy atom. The molecule has 0 saturated carbocycles. The largest absolute Gasteiger partial charge is 0.454 e. The average Bonchev–Trinajstić information content (AvgIpc) is 1.98. The topological polar surface area (TPSA) is 17.1 Å². The van der Waals surface area contributed by atoms with E-state index in [-0.39, 0.29) is 11.5 Å². The molecule has 4 heteroatoms. The van der Waals surface area contributed by atoms with Crippen molar-refractivity contribution >= 4 is 5.78 Å². The van der Waals surface area contributed by atoms with E-state index in [0.717, 1.165) is 0 Å². The second kappa shape index (κ2) is 3.94. The molecule has 0 spiro atoms. The van der Waals surface area contributed by atoms with Crippen LogP contribution in [0.3, 0.4) is 0 Å². The molecule has 0 atom stereocenters. The molecule has 0 unspecified atom stereocenters. The molecule has 0 fully saturated rings. The normalized spacial score (nSPS) is 14.5. The number of ketones is 1. The van der Waals surface area contributed by atoms with Gasteiger partial charge in [0.1, 0.15) is 0 Å². The summed E-state index contributed by atoms with van der Waals surface area (Å²) in [4.78, 5) is 10.7. The van der Waals surface area contributed by atoms with Crippen LogP contribution in [0.5, 0.6) is 0 Å². The first-order chi connectivity index (χ1) is 5.68. The predicted molar refractivity (Wildman–Crippen MR) is 44.3 cm³/mol. The Labute approximate surface area is 75.6 Å². The van der Waals surface area contributed by atoms with Crippen molar-refractivity contribution in [3.8, 4) is 0 Å². The predicted octanol–water partition coefficient (Wildman–Crippen LogP) is 3.11. The quantitative estimate of drug-likeness (QED) is 0.617. The maximum atomic E-state index is 11.9. The van der Waals surface area contributed by atoms with Gasteiger partial charge in [-0.25, -0.2) is 0 Å². The standard InChI is InChI=1S/C9H13F3O/c1-5(2)6(3)7(4)8(13)9(10,11)12/h5H,1-4H3. The fraction of sp³-hybridized carbons (Fsp3) is 0.667. The number of rotatable bonds is 2. The van der Waals surface area contributed by atoms with Gasteiger partial charge in [0.2, 0.25) is 0 Å². The lowest BCUT2D eigenvalue weighted by Gasteiger charge is -2.11. The van der Waals surface area contributed by atoms with Gasteiger partial charge in [0.15, 0.2) is 0 Å². The van der Waals surface area contributed by atoms with Crippen molar-refractivity contribution in [3.05, 3.63) is 11.1 Å². The lowest BCUT2D eigenvalue weighted by atomic mass is 9.97. The number of carbonyl (C=O) groups is 1. The molecule has 0 radical (unpaired) electrons. The first kappa shape index (κ1) is 12.2. The van der Waals surface area contributed by atoms with Gasteiger partial charge in [-0.05, 0) is 19.8 Å². The third-order valence-corrected chi connectivity index (χ3v) is 2.06. The van der Waals surface area contributed by atoms with Crippen LogP contribution in [0.25, 0.3) is 0 Å². The van der Waals surface area contributed by atoms with Gasteiger partial charge in [-0.15, -0.1) is 0 Å². The molecule has 0 amide bonds. The second-order valence-corrected chi connectivity index (χ2v) is 3.29. The van der Waals surface area contributed by atoms with E-state index in [2.05, 4.69) is 0 Å². The first-order valence-electron chi connectivity index (χ1n) is 3.96. The molecule has 13 heavy (non-hydrogen) atoms. The summed E-state index contributed by atoms with van der Waals surface area (Å²) in [6.07, 6.45) is -4.75. The third-order valence-electron chi connectivity index (χ3n) is 2.06. The molecular weight excluding hydrogens is 181 g/mol. The molecule has 0 aliphatic rings. The molecule has 0 aromatic heterocycles. The van der Waals surface area contributed by atoms with Crippen molar-refractivity contribution in [2.75, 3.05) is 0 Å². The van der Waals surface area contributed by atoms with Crippen molar-refractivity contribution in [2.24, 2.45) is 5.92 Å². The summed E-state index contributed by atoms with van der Waals surface area (Å²) < 4.78 is 35.8. The molecule has 0 aliphatic heterocycles. The number of hydrogen-bond acceptors (Lipinski definition) is 1. The van der Waals surface area contributed by atoms with Crippen LogP contribution in [0.1, 0.15) is 27.7 Å². The first-order valence-corrected chi connectivity index (χ1v) is 3.96. The summed E-state index contributed by atoms with van der Waals surface area (Å²) in [5, 5.41) is 0. The Morgan fingerprint density at radius 1 is 1.15 bits per heavy atom. The zero-order valence-electron chi connectivity index (χ0n) is 8.12. The van der Waals surface area contributed by atoms with Gasteiger partial charge in [0.25, 0.3) is 5.78 Å². The van der Waals surface area contributed by atoms with Crippen molar-refractivity contribution in [1.29, 1.82) is 0 Å². The second-order valence-electron chi connectivity index (χ2n) is 3.29. The number of Topliss-reactive ketones (excluding diaryl/α,β-unsaturated/α-hetero) is 1. The van der Waals surface area contributed by atoms with Crippen molar-refractivity contribution in [3.63, 3.8) is 0 Å². The van der Waals surface area contributed by atoms with E-state index in [1.165, 1.54) is 6.92 Å². The van der Waals surface area contributed by atoms with Gasteiger partial charge in [0.05, 0.1) is 0 Å². The molecular formula is C9H13F3O. The molecule has 0 saturated heterocycles. The van der Waals surface area contributed by atoms with E-state index in [1.807, 2.05) is 0 Å². The Kier molecular flexibility index (Phi) is 3.70. The van der Waals surface area contributed by atoms with Gasteiger partial charge in [-0.1, -0.05) is 19.4 Å². The molecule has 1 nitrogen and oxygen atoms in total. The summed E-state index contributed by atoms with van der Waals surface area (Å²) in [6.45, 7) is 6.26. The van der Waals surface area contributed by atoms with E-state index < -0.39 is 12.0 Å². The third kappa shape index (κ3) is 3.20. The maximum Gasteiger partial charge on any atom is 0.454 e. The van der Waals surface area contributed by atoms with E-state index in [0.29, 0.717) is 5.57 Å². The lowest BCUT2D eigenvalue weighted by Crippen LogP contribution is -2.24. The minimum Gasteiger partial charge on any atom is -0.284 e. The highest BCUT2D eigenvalue weighted by Gasteiger charge is 2.39. The number of halogens is 3. The monoisotopic (exact) mass is 194 g/mol. The molecule has 0 rings (SSSR count). The summed E-state index contributed by atoms with van der Waals surface area (Å²) in [6, 6.07) is 0.